The molecule has 2 nitrogen and oxygen atoms in total. The summed E-state index contributed by atoms with van der Waals surface area (Å²) >= 11 is 0. The quantitative estimate of drug-likeness (QED) is 0.661. The molecule has 1 aromatic rings. The van der Waals surface area contributed by atoms with Crippen LogP contribution in [0.5, 0.6) is 5.75 Å². The topological polar surface area (TPSA) is 21.8 Å². The number of fused-ring (bicyclic) bond motifs is 3. The van der Waals surface area contributed by atoms with Gasteiger partial charge in [-0.3, -0.25) is 0 Å². The molecular formula is C12H13FO2. The standard InChI is InChI=1S/C12H13FO2/c1-12-9-5-7(14-2)6-10(13)8(9)3-4-11(12)15-12/h5-6,11H,3-4H2,1-2H3. The third-order valence-corrected chi connectivity index (χ3v) is 3.54. The normalized spacial score (nSPS) is 31.8. The molecule has 0 bridgehead atoms. The van der Waals surface area contributed by atoms with Crippen molar-refractivity contribution >= 4 is 0 Å². The van der Waals surface area contributed by atoms with Gasteiger partial charge in [-0.2, -0.15) is 0 Å². The van der Waals surface area contributed by atoms with Crippen molar-refractivity contribution < 1.29 is 13.9 Å². The molecule has 2 unspecified atom stereocenters. The van der Waals surface area contributed by atoms with Gasteiger partial charge in [-0.05, 0) is 37.0 Å². The van der Waals surface area contributed by atoms with Gasteiger partial charge in [0.2, 0.25) is 0 Å². The van der Waals surface area contributed by atoms with E-state index >= 15 is 0 Å². The molecule has 1 heterocycles. The lowest BCUT2D eigenvalue weighted by Crippen LogP contribution is -2.18. The van der Waals surface area contributed by atoms with Crippen LogP contribution in [0.3, 0.4) is 0 Å². The second-order valence-electron chi connectivity index (χ2n) is 4.39. The summed E-state index contributed by atoms with van der Waals surface area (Å²) in [6.45, 7) is 2.02. The van der Waals surface area contributed by atoms with Crippen LogP contribution in [0.25, 0.3) is 0 Å². The first-order valence-corrected chi connectivity index (χ1v) is 5.20. The van der Waals surface area contributed by atoms with E-state index in [-0.39, 0.29) is 17.5 Å². The highest BCUT2D eigenvalue weighted by Gasteiger charge is 2.56. The van der Waals surface area contributed by atoms with E-state index in [0.717, 1.165) is 24.0 Å². The van der Waals surface area contributed by atoms with Crippen LogP contribution in [0.1, 0.15) is 24.5 Å². The van der Waals surface area contributed by atoms with Gasteiger partial charge in [0.15, 0.2) is 0 Å². The number of benzene rings is 1. The van der Waals surface area contributed by atoms with Crippen molar-refractivity contribution in [2.45, 2.75) is 31.5 Å². The molecule has 1 saturated heterocycles. The maximum Gasteiger partial charge on any atom is 0.130 e. The van der Waals surface area contributed by atoms with Crippen LogP contribution in [0.2, 0.25) is 0 Å². The average molecular weight is 208 g/mol. The fraction of sp³-hybridized carbons (Fsp3) is 0.500. The third kappa shape index (κ3) is 1.13. The Morgan fingerprint density at radius 1 is 1.53 bits per heavy atom. The zero-order valence-corrected chi connectivity index (χ0v) is 8.84. The van der Waals surface area contributed by atoms with Crippen molar-refractivity contribution in [3.8, 4) is 5.75 Å². The molecule has 0 spiro atoms. The highest BCUT2D eigenvalue weighted by atomic mass is 19.1. The summed E-state index contributed by atoms with van der Waals surface area (Å²) in [4.78, 5) is 0. The van der Waals surface area contributed by atoms with E-state index < -0.39 is 0 Å². The smallest absolute Gasteiger partial charge is 0.130 e. The molecule has 3 rings (SSSR count). The minimum absolute atomic E-state index is 0.167. The molecule has 0 N–H and O–H groups in total. The number of rotatable bonds is 1. The Bertz CT molecular complexity index is 430. The highest BCUT2D eigenvalue weighted by Crippen LogP contribution is 2.53. The fourth-order valence-electron chi connectivity index (χ4n) is 2.53. The van der Waals surface area contributed by atoms with Gasteiger partial charge in [-0.1, -0.05) is 0 Å². The Balaban J connectivity index is 2.18. The number of methoxy groups -OCH3 is 1. The molecule has 80 valence electrons. The molecule has 0 radical (unpaired) electrons. The number of halogens is 1. The van der Waals surface area contributed by atoms with Crippen molar-refractivity contribution in [2.75, 3.05) is 7.11 Å². The van der Waals surface area contributed by atoms with Gasteiger partial charge in [0, 0.05) is 6.07 Å². The maximum absolute atomic E-state index is 13.7. The Morgan fingerprint density at radius 3 is 3.07 bits per heavy atom. The van der Waals surface area contributed by atoms with Crippen LogP contribution in [-0.2, 0) is 16.8 Å². The Hall–Kier alpha value is -1.09. The molecule has 1 aromatic carbocycles. The van der Waals surface area contributed by atoms with Crippen molar-refractivity contribution in [3.63, 3.8) is 0 Å². The lowest BCUT2D eigenvalue weighted by Gasteiger charge is -2.19. The molecule has 1 aliphatic carbocycles. The molecule has 3 heteroatoms. The molecule has 2 atom stereocenters. The molecule has 2 aliphatic rings. The minimum atomic E-state index is -0.261. The molecule has 1 aliphatic heterocycles. The average Bonchev–Trinajstić information content (AvgIpc) is 2.90. The van der Waals surface area contributed by atoms with E-state index in [0.29, 0.717) is 5.75 Å². The summed E-state index contributed by atoms with van der Waals surface area (Å²) in [6, 6.07) is 3.35. The van der Waals surface area contributed by atoms with Crippen molar-refractivity contribution in [2.24, 2.45) is 0 Å². The van der Waals surface area contributed by atoms with E-state index in [1.165, 1.54) is 6.07 Å². The first-order chi connectivity index (χ1) is 7.15. The van der Waals surface area contributed by atoms with E-state index in [9.17, 15) is 4.39 Å². The zero-order valence-electron chi connectivity index (χ0n) is 8.84. The van der Waals surface area contributed by atoms with Gasteiger partial charge in [0.25, 0.3) is 0 Å². The van der Waals surface area contributed by atoms with Crippen LogP contribution in [0.4, 0.5) is 4.39 Å². The minimum Gasteiger partial charge on any atom is -0.497 e. The Kier molecular flexibility index (Phi) is 1.67. The summed E-state index contributed by atoms with van der Waals surface area (Å²) in [5, 5.41) is 0. The number of ether oxygens (including phenoxy) is 2. The number of hydrogen-bond acceptors (Lipinski definition) is 2. The van der Waals surface area contributed by atoms with Crippen molar-refractivity contribution in [1.82, 2.24) is 0 Å². The molecule has 1 fully saturated rings. The Labute approximate surface area is 88.0 Å². The zero-order chi connectivity index (χ0) is 10.6. The summed E-state index contributed by atoms with van der Waals surface area (Å²) in [5.41, 5.74) is 1.51. The molecule has 0 saturated carbocycles. The SMILES string of the molecule is COc1cc(F)c2c(c1)C1(C)OC1CC2. The van der Waals surface area contributed by atoms with E-state index in [1.54, 1.807) is 7.11 Å². The largest absolute Gasteiger partial charge is 0.497 e. The second kappa shape index (κ2) is 2.73. The number of hydrogen-bond donors (Lipinski definition) is 0. The van der Waals surface area contributed by atoms with Crippen LogP contribution >= 0.6 is 0 Å². The molecule has 0 aromatic heterocycles. The van der Waals surface area contributed by atoms with Gasteiger partial charge in [-0.25, -0.2) is 4.39 Å². The monoisotopic (exact) mass is 208 g/mol. The van der Waals surface area contributed by atoms with E-state index in [2.05, 4.69) is 0 Å². The van der Waals surface area contributed by atoms with Gasteiger partial charge in [0.1, 0.15) is 17.2 Å². The van der Waals surface area contributed by atoms with Crippen LogP contribution in [0, 0.1) is 5.82 Å². The fourth-order valence-corrected chi connectivity index (χ4v) is 2.53. The second-order valence-corrected chi connectivity index (χ2v) is 4.39. The highest BCUT2D eigenvalue weighted by molar-refractivity contribution is 5.45. The first kappa shape index (κ1) is 9.16. The van der Waals surface area contributed by atoms with Crippen LogP contribution in [0.15, 0.2) is 12.1 Å². The Morgan fingerprint density at radius 2 is 2.33 bits per heavy atom. The van der Waals surface area contributed by atoms with Crippen molar-refractivity contribution in [1.29, 1.82) is 0 Å². The lowest BCUT2D eigenvalue weighted by atomic mass is 9.83. The van der Waals surface area contributed by atoms with Crippen LogP contribution in [-0.4, -0.2) is 13.2 Å². The summed E-state index contributed by atoms with van der Waals surface area (Å²) < 4.78 is 24.4. The van der Waals surface area contributed by atoms with Gasteiger partial charge in [-0.15, -0.1) is 0 Å². The van der Waals surface area contributed by atoms with Gasteiger partial charge in [0.05, 0.1) is 13.2 Å². The summed E-state index contributed by atoms with van der Waals surface area (Å²) in [5.74, 6) is 0.406. The summed E-state index contributed by atoms with van der Waals surface area (Å²) in [6.07, 6.45) is 1.97. The maximum atomic E-state index is 13.7. The number of epoxide rings is 1. The predicted molar refractivity (Wildman–Crippen MR) is 53.5 cm³/mol. The molecule has 15 heavy (non-hydrogen) atoms. The van der Waals surface area contributed by atoms with Gasteiger partial charge < -0.3 is 9.47 Å². The predicted octanol–water partition coefficient (Wildman–Crippen LogP) is 2.39. The molecular weight excluding hydrogens is 195 g/mol. The van der Waals surface area contributed by atoms with E-state index in [4.69, 9.17) is 9.47 Å². The lowest BCUT2D eigenvalue weighted by molar-refractivity contribution is 0.313. The van der Waals surface area contributed by atoms with E-state index in [1.807, 2.05) is 13.0 Å². The van der Waals surface area contributed by atoms with Crippen molar-refractivity contribution in [3.05, 3.63) is 29.1 Å². The summed E-state index contributed by atoms with van der Waals surface area (Å²) in [7, 11) is 1.55. The van der Waals surface area contributed by atoms with Crippen LogP contribution < -0.4 is 4.74 Å². The first-order valence-electron chi connectivity index (χ1n) is 5.20. The van der Waals surface area contributed by atoms with Gasteiger partial charge >= 0.3 is 0 Å². The molecule has 0 amide bonds. The third-order valence-electron chi connectivity index (χ3n) is 3.54.